The van der Waals surface area contributed by atoms with E-state index in [0.717, 1.165) is 4.90 Å². The van der Waals surface area contributed by atoms with Crippen LogP contribution in [-0.4, -0.2) is 128 Å². The molecular weight excluding hydrogens is 660 g/mol. The highest BCUT2D eigenvalue weighted by Gasteiger charge is 2.29. The average molecular weight is 711 g/mol. The van der Waals surface area contributed by atoms with E-state index in [2.05, 4.69) is 42.5 Å². The molecule has 0 aliphatic carbocycles. The molecule has 1 rings (SSSR count). The molecule has 0 aromatic heterocycles. The summed E-state index contributed by atoms with van der Waals surface area (Å²) in [6.07, 6.45) is 0.0762. The fourth-order valence-corrected chi connectivity index (χ4v) is 4.53. The SMILES string of the molecule is CC[C@H](C)[C@@H]1NC(=O)CNC(=O)CNC(=O)CC[C@@H](C(=O)N(C)CC(=O)N[C@@H](CC(C)C)C(=O)NCC(N)=O)NC(=O)CNC(=O)CNC1=O. The Kier molecular flexibility index (Phi) is 18.5. The van der Waals surface area contributed by atoms with E-state index in [9.17, 15) is 47.9 Å². The number of likely N-dealkylation sites (N-methyl/N-ethyl adjacent to an activating group) is 1. The highest BCUT2D eigenvalue weighted by Crippen LogP contribution is 2.08. The van der Waals surface area contributed by atoms with Gasteiger partial charge in [0.1, 0.15) is 18.1 Å². The molecule has 0 bridgehead atoms. The summed E-state index contributed by atoms with van der Waals surface area (Å²) in [5, 5.41) is 19.1. The Morgan fingerprint density at radius 2 is 1.36 bits per heavy atom. The molecule has 0 aromatic carbocycles. The van der Waals surface area contributed by atoms with Crippen LogP contribution < -0.4 is 48.3 Å². The number of hydrogen-bond donors (Lipinski definition) is 9. The number of nitrogens with two attached hydrogens (primary N) is 1. The number of amides is 10. The minimum absolute atomic E-state index is 0.0366. The highest BCUT2D eigenvalue weighted by atomic mass is 16.2. The molecule has 50 heavy (non-hydrogen) atoms. The molecule has 280 valence electrons. The van der Waals surface area contributed by atoms with Crippen molar-refractivity contribution in [1.82, 2.24) is 47.4 Å². The lowest BCUT2D eigenvalue weighted by atomic mass is 9.98. The summed E-state index contributed by atoms with van der Waals surface area (Å²) in [5.41, 5.74) is 5.07. The molecule has 0 unspecified atom stereocenters. The molecule has 1 saturated heterocycles. The van der Waals surface area contributed by atoms with Gasteiger partial charge in [0.15, 0.2) is 0 Å². The number of primary amides is 1. The van der Waals surface area contributed by atoms with Crippen molar-refractivity contribution in [2.45, 2.75) is 71.5 Å². The molecule has 1 fully saturated rings. The zero-order valence-electron chi connectivity index (χ0n) is 29.1. The standard InChI is InChI=1S/C30H50N10O10/c1-6-17(4)27-29(49)36-12-23(44)33-13-24(45)37-18(7-8-21(42)32-11-22(43)34-14-25(46)39-27)30(50)40(5)15-26(47)38-19(9-16(2)3)28(48)35-10-20(31)41/h16-19,27H,6-15H2,1-5H3,(H2,31,41)(H,32,42)(H,33,44)(H,34,43)(H,35,48)(H,36,49)(H,37,45)(H,38,47)(H,39,46)/t17-,18-,19-,27-/m0/s1. The number of nitrogens with one attached hydrogen (secondary N) is 8. The second-order valence-corrected chi connectivity index (χ2v) is 12.3. The van der Waals surface area contributed by atoms with Gasteiger partial charge in [-0.2, -0.15) is 0 Å². The molecule has 0 radical (unpaired) electrons. The van der Waals surface area contributed by atoms with Crippen molar-refractivity contribution in [2.24, 2.45) is 17.6 Å². The quantitative estimate of drug-likeness (QED) is 0.0982. The van der Waals surface area contributed by atoms with Crippen LogP contribution in [-0.2, 0) is 47.9 Å². The molecule has 20 nitrogen and oxygen atoms in total. The van der Waals surface area contributed by atoms with Gasteiger partial charge in [0, 0.05) is 13.5 Å². The molecule has 4 atom stereocenters. The van der Waals surface area contributed by atoms with Crippen LogP contribution in [0.4, 0.5) is 0 Å². The molecule has 10 amide bonds. The predicted molar refractivity (Wildman–Crippen MR) is 176 cm³/mol. The first-order valence-corrected chi connectivity index (χ1v) is 16.2. The summed E-state index contributed by atoms with van der Waals surface area (Å²) in [5.74, 6) is -7.65. The summed E-state index contributed by atoms with van der Waals surface area (Å²) < 4.78 is 0. The van der Waals surface area contributed by atoms with Crippen molar-refractivity contribution < 1.29 is 47.9 Å². The van der Waals surface area contributed by atoms with Gasteiger partial charge in [0.25, 0.3) is 0 Å². The lowest BCUT2D eigenvalue weighted by Crippen LogP contribution is -2.55. The summed E-state index contributed by atoms with van der Waals surface area (Å²) in [7, 11) is 1.26. The highest BCUT2D eigenvalue weighted by molar-refractivity contribution is 5.96. The normalized spacial score (nSPS) is 20.0. The fraction of sp³-hybridized carbons (Fsp3) is 0.667. The van der Waals surface area contributed by atoms with E-state index in [-0.39, 0.29) is 31.1 Å². The second-order valence-electron chi connectivity index (χ2n) is 12.3. The van der Waals surface area contributed by atoms with Gasteiger partial charge in [-0.05, 0) is 24.7 Å². The Morgan fingerprint density at radius 1 is 0.820 bits per heavy atom. The van der Waals surface area contributed by atoms with Crippen LogP contribution in [0.15, 0.2) is 0 Å². The van der Waals surface area contributed by atoms with Crippen LogP contribution in [0.25, 0.3) is 0 Å². The van der Waals surface area contributed by atoms with E-state index in [1.54, 1.807) is 13.8 Å². The van der Waals surface area contributed by atoms with Crippen molar-refractivity contribution in [2.75, 3.05) is 46.3 Å². The summed E-state index contributed by atoms with van der Waals surface area (Å²) in [6, 6.07) is -3.44. The van der Waals surface area contributed by atoms with Gasteiger partial charge < -0.3 is 53.2 Å². The Balaban J connectivity index is 3.07. The Labute approximate surface area is 289 Å². The third kappa shape index (κ3) is 16.7. The molecule has 0 saturated carbocycles. The molecule has 0 aromatic rings. The minimum Gasteiger partial charge on any atom is -0.368 e. The van der Waals surface area contributed by atoms with Crippen LogP contribution in [0, 0.1) is 11.8 Å². The lowest BCUT2D eigenvalue weighted by Gasteiger charge is -2.26. The largest absolute Gasteiger partial charge is 0.368 e. The number of nitrogens with zero attached hydrogens (tertiary/aromatic N) is 1. The van der Waals surface area contributed by atoms with Gasteiger partial charge in [-0.3, -0.25) is 47.9 Å². The Bertz CT molecular complexity index is 1290. The van der Waals surface area contributed by atoms with Crippen LogP contribution in [0.2, 0.25) is 0 Å². The second kappa shape index (κ2) is 21.6. The maximum atomic E-state index is 13.4. The van der Waals surface area contributed by atoms with Crippen LogP contribution >= 0.6 is 0 Å². The zero-order chi connectivity index (χ0) is 38.0. The van der Waals surface area contributed by atoms with Crippen LogP contribution in [0.5, 0.6) is 0 Å². The van der Waals surface area contributed by atoms with Gasteiger partial charge in [-0.25, -0.2) is 0 Å². The molecule has 1 heterocycles. The maximum Gasteiger partial charge on any atom is 0.245 e. The maximum absolute atomic E-state index is 13.4. The van der Waals surface area contributed by atoms with E-state index in [1.165, 1.54) is 7.05 Å². The number of carbonyl (C=O) groups excluding carboxylic acids is 10. The van der Waals surface area contributed by atoms with Crippen molar-refractivity contribution >= 4 is 59.1 Å². The van der Waals surface area contributed by atoms with Crippen molar-refractivity contribution in [1.29, 1.82) is 0 Å². The molecule has 10 N–H and O–H groups in total. The fourth-order valence-electron chi connectivity index (χ4n) is 4.53. The van der Waals surface area contributed by atoms with Gasteiger partial charge in [-0.15, -0.1) is 0 Å². The van der Waals surface area contributed by atoms with Gasteiger partial charge in [0.05, 0.1) is 39.3 Å². The van der Waals surface area contributed by atoms with Gasteiger partial charge >= 0.3 is 0 Å². The first-order chi connectivity index (χ1) is 23.4. The number of rotatable bonds is 11. The molecule has 1 aliphatic heterocycles. The summed E-state index contributed by atoms with van der Waals surface area (Å²) in [6.45, 7) is 3.97. The first kappa shape index (κ1) is 42.7. The average Bonchev–Trinajstić information content (AvgIpc) is 3.05. The van der Waals surface area contributed by atoms with Crippen LogP contribution in [0.3, 0.4) is 0 Å². The molecule has 1 aliphatic rings. The third-order valence-corrected chi connectivity index (χ3v) is 7.42. The van der Waals surface area contributed by atoms with E-state index >= 15 is 0 Å². The topological polar surface area (TPSA) is 296 Å². The first-order valence-electron chi connectivity index (χ1n) is 16.2. The summed E-state index contributed by atoms with van der Waals surface area (Å²) >= 11 is 0. The Morgan fingerprint density at radius 3 is 1.92 bits per heavy atom. The molecule has 0 spiro atoms. The lowest BCUT2D eigenvalue weighted by molar-refractivity contribution is -0.139. The molecule has 20 heteroatoms. The summed E-state index contributed by atoms with van der Waals surface area (Å²) in [4.78, 5) is 126. The minimum atomic E-state index is -1.37. The van der Waals surface area contributed by atoms with Crippen LogP contribution in [0.1, 0.15) is 53.4 Å². The van der Waals surface area contributed by atoms with Crippen molar-refractivity contribution in [3.63, 3.8) is 0 Å². The predicted octanol–water partition coefficient (Wildman–Crippen LogP) is -5.15. The van der Waals surface area contributed by atoms with E-state index in [0.29, 0.717) is 6.42 Å². The smallest absolute Gasteiger partial charge is 0.245 e. The zero-order valence-corrected chi connectivity index (χ0v) is 29.1. The third-order valence-electron chi connectivity index (χ3n) is 7.42. The molecular formula is C30H50N10O10. The number of carbonyl (C=O) groups is 10. The van der Waals surface area contributed by atoms with E-state index in [1.807, 2.05) is 13.8 Å². The monoisotopic (exact) mass is 710 g/mol. The van der Waals surface area contributed by atoms with Crippen molar-refractivity contribution in [3.8, 4) is 0 Å². The van der Waals surface area contributed by atoms with Crippen molar-refractivity contribution in [3.05, 3.63) is 0 Å². The number of hydrogen-bond acceptors (Lipinski definition) is 10. The van der Waals surface area contributed by atoms with E-state index in [4.69, 9.17) is 5.73 Å². The van der Waals surface area contributed by atoms with E-state index < -0.39 is 116 Å². The van der Waals surface area contributed by atoms with Gasteiger partial charge in [-0.1, -0.05) is 34.1 Å². The Hall–Kier alpha value is -5.30. The van der Waals surface area contributed by atoms with Gasteiger partial charge in [0.2, 0.25) is 59.1 Å².